The van der Waals surface area contributed by atoms with Gasteiger partial charge in [0.15, 0.2) is 6.23 Å². The van der Waals surface area contributed by atoms with Crippen molar-refractivity contribution < 1.29 is 65.4 Å². The van der Waals surface area contributed by atoms with Crippen molar-refractivity contribution in [1.29, 1.82) is 0 Å². The van der Waals surface area contributed by atoms with Gasteiger partial charge in [-0.2, -0.15) is 0 Å². The molecule has 2 atom stereocenters. The van der Waals surface area contributed by atoms with Crippen LogP contribution in [0.4, 0.5) is 0 Å². The van der Waals surface area contributed by atoms with E-state index in [-0.39, 0.29) is 51.4 Å². The van der Waals surface area contributed by atoms with Crippen LogP contribution in [0.2, 0.25) is 0 Å². The summed E-state index contributed by atoms with van der Waals surface area (Å²) >= 11 is 0. The minimum absolute atomic E-state index is 0. The molecular weight excluding hydrogens is 168 g/mol. The molecule has 4 nitrogen and oxygen atoms in total. The molecule has 0 spiro atoms. The molecular formula is C3H8KNO3P+. The summed E-state index contributed by atoms with van der Waals surface area (Å²) in [5.41, 5.74) is 5.07. The van der Waals surface area contributed by atoms with Gasteiger partial charge >= 0.3 is 59.6 Å². The Hall–Kier alpha value is 1.62. The molecule has 2 N–H and O–H groups in total. The summed E-state index contributed by atoms with van der Waals surface area (Å²) < 4.78 is 13.8. The summed E-state index contributed by atoms with van der Waals surface area (Å²) in [6.07, 6.45) is -0.167. The first-order valence-electron chi connectivity index (χ1n) is 2.23. The Morgan fingerprint density at radius 1 is 1.89 bits per heavy atom. The molecule has 9 heavy (non-hydrogen) atoms. The second-order valence-electron chi connectivity index (χ2n) is 1.28. The largest absolute Gasteiger partial charge is 1.00 e. The zero-order valence-corrected chi connectivity index (χ0v) is 9.55. The maximum absolute atomic E-state index is 9.70. The maximum atomic E-state index is 9.70. The summed E-state index contributed by atoms with van der Waals surface area (Å²) in [6, 6.07) is 0. The summed E-state index contributed by atoms with van der Waals surface area (Å²) in [5.74, 6) is 0. The Bertz CT molecular complexity index is 91.1. The van der Waals surface area contributed by atoms with E-state index >= 15 is 0 Å². The minimum atomic E-state index is -2.77. The van der Waals surface area contributed by atoms with Crippen LogP contribution >= 0.6 is 8.25 Å². The average Bonchev–Trinajstić information content (AvgIpc) is 1.65. The van der Waals surface area contributed by atoms with Gasteiger partial charge in [0.2, 0.25) is 0 Å². The third-order valence-electron chi connectivity index (χ3n) is 0.624. The molecule has 0 rings (SSSR count). The summed E-state index contributed by atoms with van der Waals surface area (Å²) in [7, 11) is -2.77. The van der Waals surface area contributed by atoms with E-state index < -0.39 is 14.5 Å². The SMILES string of the molecule is CCC(N)O[P+](=O)[O-].[K+]. The Morgan fingerprint density at radius 2 is 2.33 bits per heavy atom. The predicted molar refractivity (Wildman–Crippen MR) is 27.0 cm³/mol. The molecule has 0 heterocycles. The van der Waals surface area contributed by atoms with E-state index in [1.165, 1.54) is 0 Å². The number of hydrogen-bond acceptors (Lipinski definition) is 4. The molecule has 2 unspecified atom stereocenters. The van der Waals surface area contributed by atoms with Gasteiger partial charge in [-0.05, 0) is 11.0 Å². The van der Waals surface area contributed by atoms with Crippen molar-refractivity contribution in [2.24, 2.45) is 5.73 Å². The third kappa shape index (κ3) is 9.62. The van der Waals surface area contributed by atoms with Gasteiger partial charge in [0.05, 0.1) is 0 Å². The van der Waals surface area contributed by atoms with Gasteiger partial charge in [0, 0.05) is 0 Å². The first-order chi connectivity index (χ1) is 3.66. The summed E-state index contributed by atoms with van der Waals surface area (Å²) in [6.45, 7) is 1.74. The van der Waals surface area contributed by atoms with E-state index in [9.17, 15) is 9.46 Å². The van der Waals surface area contributed by atoms with Gasteiger partial charge in [-0.1, -0.05) is 6.92 Å². The molecule has 0 aromatic heterocycles. The fourth-order valence-corrected chi connectivity index (χ4v) is 0.555. The smallest absolute Gasteiger partial charge is 0.566 e. The Labute approximate surface area is 97.5 Å². The second-order valence-corrected chi connectivity index (χ2v) is 1.93. The molecule has 0 amide bonds. The monoisotopic (exact) mass is 176 g/mol. The molecule has 0 aromatic carbocycles. The van der Waals surface area contributed by atoms with E-state index in [0.717, 1.165) is 0 Å². The molecule has 0 saturated heterocycles. The van der Waals surface area contributed by atoms with Crippen LogP contribution in [-0.4, -0.2) is 6.23 Å². The van der Waals surface area contributed by atoms with Crippen LogP contribution in [0.25, 0.3) is 0 Å². The zero-order valence-electron chi connectivity index (χ0n) is 5.53. The van der Waals surface area contributed by atoms with E-state index in [2.05, 4.69) is 4.52 Å². The third-order valence-corrected chi connectivity index (χ3v) is 1.07. The molecule has 6 heteroatoms. The number of nitrogens with two attached hydrogens (primary N) is 1. The molecule has 0 aromatic rings. The predicted octanol–water partition coefficient (Wildman–Crippen LogP) is -3.28. The molecule has 0 radical (unpaired) electrons. The zero-order chi connectivity index (χ0) is 6.57. The molecule has 0 fully saturated rings. The Balaban J connectivity index is 0. The van der Waals surface area contributed by atoms with Crippen LogP contribution in [0.1, 0.15) is 13.3 Å². The van der Waals surface area contributed by atoms with Crippen LogP contribution in [0.15, 0.2) is 0 Å². The first kappa shape index (κ1) is 13.2. The van der Waals surface area contributed by atoms with Gasteiger partial charge in [-0.3, -0.25) is 0 Å². The normalized spacial score (nSPS) is 13.9. The van der Waals surface area contributed by atoms with Crippen LogP contribution < -0.4 is 62.0 Å². The van der Waals surface area contributed by atoms with E-state index in [4.69, 9.17) is 5.73 Å². The van der Waals surface area contributed by atoms with Gasteiger partial charge in [0.25, 0.3) is 0 Å². The maximum Gasteiger partial charge on any atom is 1.00 e. The second kappa shape index (κ2) is 7.72. The van der Waals surface area contributed by atoms with Crippen LogP contribution in [0.5, 0.6) is 0 Å². The molecule has 0 bridgehead atoms. The van der Waals surface area contributed by atoms with E-state index in [1.807, 2.05) is 0 Å². The van der Waals surface area contributed by atoms with Crippen molar-refractivity contribution >= 4 is 8.25 Å². The first-order valence-corrected chi connectivity index (χ1v) is 3.33. The van der Waals surface area contributed by atoms with Gasteiger partial charge in [-0.15, -0.1) is 4.52 Å². The van der Waals surface area contributed by atoms with Crippen molar-refractivity contribution in [3.05, 3.63) is 0 Å². The molecule has 48 valence electrons. The van der Waals surface area contributed by atoms with Crippen LogP contribution in [0, 0.1) is 0 Å². The molecule has 0 aliphatic heterocycles. The summed E-state index contributed by atoms with van der Waals surface area (Å²) in [5, 5.41) is 0. The van der Waals surface area contributed by atoms with Crippen molar-refractivity contribution in [3.63, 3.8) is 0 Å². The number of hydrogen-bond donors (Lipinski definition) is 1. The van der Waals surface area contributed by atoms with Gasteiger partial charge in [-0.25, -0.2) is 0 Å². The van der Waals surface area contributed by atoms with Crippen LogP contribution in [0.3, 0.4) is 0 Å². The van der Waals surface area contributed by atoms with Crippen molar-refractivity contribution in [3.8, 4) is 0 Å². The summed E-state index contributed by atoms with van der Waals surface area (Å²) in [4.78, 5) is 9.70. The number of rotatable bonds is 3. The van der Waals surface area contributed by atoms with E-state index in [1.54, 1.807) is 6.92 Å². The van der Waals surface area contributed by atoms with Gasteiger partial charge in [0.1, 0.15) is 0 Å². The van der Waals surface area contributed by atoms with Crippen LogP contribution in [-0.2, 0) is 9.09 Å². The van der Waals surface area contributed by atoms with Crippen molar-refractivity contribution in [2.75, 3.05) is 0 Å². The topological polar surface area (TPSA) is 75.4 Å². The molecule has 0 aliphatic carbocycles. The fraction of sp³-hybridized carbons (Fsp3) is 1.00. The quantitative estimate of drug-likeness (QED) is 0.278. The Morgan fingerprint density at radius 3 is 2.44 bits per heavy atom. The van der Waals surface area contributed by atoms with E-state index in [0.29, 0.717) is 6.42 Å². The molecule has 0 aliphatic rings. The Kier molecular flexibility index (Phi) is 11.3. The van der Waals surface area contributed by atoms with Gasteiger partial charge < -0.3 is 10.6 Å². The fourth-order valence-electron chi connectivity index (χ4n) is 0.185. The molecule has 0 saturated carbocycles. The minimum Gasteiger partial charge on any atom is -0.566 e. The van der Waals surface area contributed by atoms with Crippen molar-refractivity contribution in [2.45, 2.75) is 19.6 Å². The van der Waals surface area contributed by atoms with Crippen molar-refractivity contribution in [1.82, 2.24) is 0 Å². The average molecular weight is 176 g/mol. The standard InChI is InChI=1S/C3H8NO3P.K/c1-2-3(4)7-8(5)6;/h3H,2,4H2,1H3;/q;+1.